The van der Waals surface area contributed by atoms with E-state index in [0.717, 1.165) is 12.0 Å². The third kappa shape index (κ3) is 4.89. The minimum absolute atomic E-state index is 0.0567. The van der Waals surface area contributed by atoms with Gasteiger partial charge in [-0.15, -0.1) is 6.58 Å². The number of nitrogens with one attached hydrogen (secondary N) is 1. The van der Waals surface area contributed by atoms with Gasteiger partial charge in [0.15, 0.2) is 0 Å². The molecule has 0 unspecified atom stereocenters. The average molecular weight is 381 g/mol. The first kappa shape index (κ1) is 20.7. The molecule has 2 aromatic rings. The summed E-state index contributed by atoms with van der Waals surface area (Å²) in [4.78, 5) is 0. The Morgan fingerprint density at radius 1 is 1.29 bits per heavy atom. The van der Waals surface area contributed by atoms with E-state index in [1.165, 1.54) is 22.3 Å². The lowest BCUT2D eigenvalue weighted by Crippen LogP contribution is -2.43. The van der Waals surface area contributed by atoms with Gasteiger partial charge in [-0.05, 0) is 48.9 Å². The molecule has 28 heavy (non-hydrogen) atoms. The van der Waals surface area contributed by atoms with Crippen LogP contribution < -0.4 is 11.1 Å². The third-order valence-corrected chi connectivity index (χ3v) is 5.51. The highest BCUT2D eigenvalue weighted by atomic mass is 16.5. The molecule has 0 amide bonds. The lowest BCUT2D eigenvalue weighted by molar-refractivity contribution is 0.0675. The van der Waals surface area contributed by atoms with Crippen molar-refractivity contribution in [3.05, 3.63) is 82.9 Å². The molecular formula is C24H32N2O2. The number of aliphatic hydroxyl groups excluding tert-OH is 1. The molecule has 0 radical (unpaired) electrons. The third-order valence-electron chi connectivity index (χ3n) is 5.51. The van der Waals surface area contributed by atoms with Crippen LogP contribution in [0.1, 0.15) is 46.4 Å². The first-order valence-corrected chi connectivity index (χ1v) is 10.0. The minimum atomic E-state index is -0.609. The van der Waals surface area contributed by atoms with E-state index in [4.69, 9.17) is 10.5 Å². The zero-order valence-electron chi connectivity index (χ0n) is 16.9. The second-order valence-corrected chi connectivity index (χ2v) is 7.81. The number of ether oxygens (including phenoxy) is 1. The van der Waals surface area contributed by atoms with Crippen molar-refractivity contribution in [1.29, 1.82) is 0 Å². The van der Waals surface area contributed by atoms with Gasteiger partial charge in [-0.3, -0.25) is 0 Å². The van der Waals surface area contributed by atoms with E-state index in [2.05, 4.69) is 37.9 Å². The SMILES string of the molecule is C=CCO[C@@H]1C[C@H](NC[C@@H](O)[C@@H](N)Cc2ccccc2)c2cc(C)cc(C)c21. The fourth-order valence-corrected chi connectivity index (χ4v) is 4.16. The van der Waals surface area contributed by atoms with Crippen LogP contribution in [0.2, 0.25) is 0 Å². The number of rotatable bonds is 9. The Labute approximate surface area is 168 Å². The number of hydrogen-bond acceptors (Lipinski definition) is 4. The van der Waals surface area contributed by atoms with Gasteiger partial charge in [0.05, 0.1) is 18.8 Å². The lowest BCUT2D eigenvalue weighted by atomic mass is 9.99. The van der Waals surface area contributed by atoms with Crippen LogP contribution in [-0.4, -0.2) is 30.4 Å². The van der Waals surface area contributed by atoms with E-state index in [1.54, 1.807) is 6.08 Å². The topological polar surface area (TPSA) is 67.5 Å². The quantitative estimate of drug-likeness (QED) is 0.583. The summed E-state index contributed by atoms with van der Waals surface area (Å²) in [6.45, 7) is 9.01. The molecule has 0 saturated heterocycles. The Kier molecular flexibility index (Phi) is 7.03. The van der Waals surface area contributed by atoms with Gasteiger partial charge in [-0.25, -0.2) is 0 Å². The first-order valence-electron chi connectivity index (χ1n) is 10.0. The molecule has 1 aliphatic rings. The van der Waals surface area contributed by atoms with Crippen LogP contribution in [0.25, 0.3) is 0 Å². The molecule has 3 rings (SSSR count). The van der Waals surface area contributed by atoms with Crippen molar-refractivity contribution < 1.29 is 9.84 Å². The molecule has 0 bridgehead atoms. The van der Waals surface area contributed by atoms with E-state index in [9.17, 15) is 5.11 Å². The highest BCUT2D eigenvalue weighted by Gasteiger charge is 2.33. The summed E-state index contributed by atoms with van der Waals surface area (Å²) in [5, 5.41) is 14.1. The van der Waals surface area contributed by atoms with Gasteiger partial charge in [0.1, 0.15) is 0 Å². The van der Waals surface area contributed by atoms with Crippen LogP contribution in [0.3, 0.4) is 0 Å². The second-order valence-electron chi connectivity index (χ2n) is 7.81. The predicted molar refractivity (Wildman–Crippen MR) is 114 cm³/mol. The Hall–Kier alpha value is -1.98. The Morgan fingerprint density at radius 2 is 2.04 bits per heavy atom. The van der Waals surface area contributed by atoms with Crippen LogP contribution >= 0.6 is 0 Å². The van der Waals surface area contributed by atoms with Crippen LogP contribution in [0.15, 0.2) is 55.1 Å². The van der Waals surface area contributed by atoms with E-state index in [0.29, 0.717) is 19.6 Å². The van der Waals surface area contributed by atoms with Crippen molar-refractivity contribution in [2.24, 2.45) is 5.73 Å². The second kappa shape index (κ2) is 9.48. The normalized spacial score (nSPS) is 20.6. The van der Waals surface area contributed by atoms with Gasteiger partial charge in [-0.2, -0.15) is 0 Å². The fourth-order valence-electron chi connectivity index (χ4n) is 4.16. The summed E-state index contributed by atoms with van der Waals surface area (Å²) in [6, 6.07) is 14.3. The van der Waals surface area contributed by atoms with E-state index in [1.807, 2.05) is 30.3 Å². The van der Waals surface area contributed by atoms with Crippen molar-refractivity contribution in [1.82, 2.24) is 5.32 Å². The summed E-state index contributed by atoms with van der Waals surface area (Å²) in [6.07, 6.45) is 2.75. The zero-order valence-corrected chi connectivity index (χ0v) is 16.9. The number of benzene rings is 2. The molecule has 0 spiro atoms. The van der Waals surface area contributed by atoms with Gasteiger partial charge >= 0.3 is 0 Å². The minimum Gasteiger partial charge on any atom is -0.390 e. The molecule has 0 aliphatic heterocycles. The van der Waals surface area contributed by atoms with Crippen molar-refractivity contribution in [2.75, 3.05) is 13.2 Å². The molecule has 0 aromatic heterocycles. The van der Waals surface area contributed by atoms with Crippen LogP contribution in [0.4, 0.5) is 0 Å². The van der Waals surface area contributed by atoms with Gasteiger partial charge in [-0.1, -0.05) is 54.1 Å². The first-order chi connectivity index (χ1) is 13.5. The summed E-state index contributed by atoms with van der Waals surface area (Å²) < 4.78 is 6.02. The van der Waals surface area contributed by atoms with Crippen molar-refractivity contribution in [3.63, 3.8) is 0 Å². The molecule has 150 valence electrons. The maximum Gasteiger partial charge on any atom is 0.0853 e. The predicted octanol–water partition coefficient (Wildman–Crippen LogP) is 3.51. The van der Waals surface area contributed by atoms with Crippen molar-refractivity contribution in [2.45, 2.75) is 51.0 Å². The molecule has 1 aliphatic carbocycles. The smallest absolute Gasteiger partial charge is 0.0853 e. The molecule has 4 heteroatoms. The van der Waals surface area contributed by atoms with E-state index in [-0.39, 0.29) is 18.2 Å². The highest BCUT2D eigenvalue weighted by molar-refractivity contribution is 5.45. The maximum atomic E-state index is 10.6. The van der Waals surface area contributed by atoms with E-state index < -0.39 is 6.10 Å². The molecule has 4 nitrogen and oxygen atoms in total. The zero-order chi connectivity index (χ0) is 20.1. The van der Waals surface area contributed by atoms with Gasteiger partial charge in [0.25, 0.3) is 0 Å². The van der Waals surface area contributed by atoms with Gasteiger partial charge in [0.2, 0.25) is 0 Å². The van der Waals surface area contributed by atoms with Crippen LogP contribution in [0.5, 0.6) is 0 Å². The van der Waals surface area contributed by atoms with Crippen LogP contribution in [-0.2, 0) is 11.2 Å². The Bertz CT molecular complexity index is 791. The Morgan fingerprint density at radius 3 is 2.75 bits per heavy atom. The molecule has 4 atom stereocenters. The summed E-state index contributed by atoms with van der Waals surface area (Å²) >= 11 is 0. The number of aliphatic hydroxyl groups is 1. The van der Waals surface area contributed by atoms with Crippen molar-refractivity contribution in [3.8, 4) is 0 Å². The van der Waals surface area contributed by atoms with Gasteiger partial charge < -0.3 is 20.9 Å². The lowest BCUT2D eigenvalue weighted by Gasteiger charge is -2.22. The molecule has 0 saturated carbocycles. The molecule has 0 heterocycles. The van der Waals surface area contributed by atoms with Crippen molar-refractivity contribution >= 4 is 0 Å². The maximum absolute atomic E-state index is 10.6. The monoisotopic (exact) mass is 380 g/mol. The van der Waals surface area contributed by atoms with Gasteiger partial charge in [0, 0.05) is 18.6 Å². The highest BCUT2D eigenvalue weighted by Crippen LogP contribution is 2.43. The van der Waals surface area contributed by atoms with E-state index >= 15 is 0 Å². The Balaban J connectivity index is 1.65. The molecule has 4 N–H and O–H groups in total. The molecule has 2 aromatic carbocycles. The number of nitrogens with two attached hydrogens (primary N) is 1. The standard InChI is InChI=1S/C24H32N2O2/c1-4-10-28-23-14-21(19-12-16(2)11-17(3)24(19)23)26-15-22(27)20(25)13-18-8-6-5-7-9-18/h4-9,11-12,20-23,26-27H,1,10,13-15,25H2,2-3H3/t20-,21-,22+,23+/m0/s1. The summed E-state index contributed by atoms with van der Waals surface area (Å²) in [7, 11) is 0. The largest absolute Gasteiger partial charge is 0.390 e. The average Bonchev–Trinajstić information content (AvgIpc) is 3.02. The molecular weight excluding hydrogens is 348 g/mol. The summed E-state index contributed by atoms with van der Waals surface area (Å²) in [5.74, 6) is 0. The fraction of sp³-hybridized carbons (Fsp3) is 0.417. The molecule has 0 fully saturated rings. The van der Waals surface area contributed by atoms with Crippen LogP contribution in [0, 0.1) is 13.8 Å². The number of aryl methyl sites for hydroxylation is 2. The number of fused-ring (bicyclic) bond motifs is 1. The summed E-state index contributed by atoms with van der Waals surface area (Å²) in [5.41, 5.74) is 12.4. The number of hydrogen-bond donors (Lipinski definition) is 3.